The fourth-order valence-corrected chi connectivity index (χ4v) is 1.36. The highest BCUT2D eigenvalue weighted by Gasteiger charge is 2.06. The third-order valence-corrected chi connectivity index (χ3v) is 2.46. The van der Waals surface area contributed by atoms with Crippen molar-refractivity contribution in [3.05, 3.63) is 29.6 Å². The standard InChI is InChI=1S/C10H13FN2OS/c1-15-5-4-13-10(14)7-2-3-8(11)9(12)6-7/h2-3,6H,4-5,12H2,1H3,(H,13,14). The topological polar surface area (TPSA) is 55.1 Å². The van der Waals surface area contributed by atoms with Crippen LogP contribution in [0.2, 0.25) is 0 Å². The first kappa shape index (κ1) is 11.8. The van der Waals surface area contributed by atoms with Crippen LogP contribution in [0.3, 0.4) is 0 Å². The number of halogens is 1. The molecule has 0 atom stereocenters. The summed E-state index contributed by atoms with van der Waals surface area (Å²) in [6.45, 7) is 0.595. The van der Waals surface area contributed by atoms with E-state index in [0.717, 1.165) is 5.75 Å². The van der Waals surface area contributed by atoms with Gasteiger partial charge in [-0.05, 0) is 24.5 Å². The molecule has 15 heavy (non-hydrogen) atoms. The average molecular weight is 228 g/mol. The van der Waals surface area contributed by atoms with Gasteiger partial charge in [-0.1, -0.05) is 0 Å². The Balaban J connectivity index is 2.62. The highest BCUT2D eigenvalue weighted by Crippen LogP contribution is 2.11. The normalized spacial score (nSPS) is 10.0. The molecule has 3 N–H and O–H groups in total. The number of carbonyl (C=O) groups is 1. The lowest BCUT2D eigenvalue weighted by Crippen LogP contribution is -2.25. The van der Waals surface area contributed by atoms with Crippen LogP contribution in [0.1, 0.15) is 10.4 Å². The summed E-state index contributed by atoms with van der Waals surface area (Å²) in [5, 5.41) is 2.71. The minimum absolute atomic E-state index is 0.00693. The van der Waals surface area contributed by atoms with Crippen LogP contribution in [0.15, 0.2) is 18.2 Å². The second-order valence-electron chi connectivity index (χ2n) is 2.98. The number of benzene rings is 1. The zero-order valence-corrected chi connectivity index (χ0v) is 9.23. The molecular formula is C10H13FN2OS. The van der Waals surface area contributed by atoms with Gasteiger partial charge >= 0.3 is 0 Å². The van der Waals surface area contributed by atoms with E-state index in [-0.39, 0.29) is 11.6 Å². The Bertz CT molecular complexity index is 357. The maximum atomic E-state index is 12.8. The van der Waals surface area contributed by atoms with Crippen LogP contribution in [-0.4, -0.2) is 24.5 Å². The third-order valence-electron chi connectivity index (χ3n) is 1.85. The molecule has 0 bridgehead atoms. The molecule has 1 aromatic carbocycles. The monoisotopic (exact) mass is 228 g/mol. The molecule has 0 aliphatic carbocycles. The second kappa shape index (κ2) is 5.60. The largest absolute Gasteiger partial charge is 0.396 e. The van der Waals surface area contributed by atoms with Crippen molar-refractivity contribution >= 4 is 23.4 Å². The molecule has 0 heterocycles. The molecule has 0 unspecified atom stereocenters. The lowest BCUT2D eigenvalue weighted by molar-refractivity contribution is 0.0956. The second-order valence-corrected chi connectivity index (χ2v) is 3.97. The van der Waals surface area contributed by atoms with E-state index in [0.29, 0.717) is 12.1 Å². The number of nitrogen functional groups attached to an aromatic ring is 1. The number of hydrogen-bond donors (Lipinski definition) is 2. The molecule has 0 spiro atoms. The highest BCUT2D eigenvalue weighted by molar-refractivity contribution is 7.98. The summed E-state index contributed by atoms with van der Waals surface area (Å²) >= 11 is 1.64. The van der Waals surface area contributed by atoms with Gasteiger partial charge in [0, 0.05) is 17.9 Å². The van der Waals surface area contributed by atoms with Crippen molar-refractivity contribution in [3.8, 4) is 0 Å². The lowest BCUT2D eigenvalue weighted by atomic mass is 10.2. The zero-order chi connectivity index (χ0) is 11.3. The molecule has 3 nitrogen and oxygen atoms in total. The van der Waals surface area contributed by atoms with Gasteiger partial charge < -0.3 is 11.1 Å². The first-order chi connectivity index (χ1) is 7.15. The van der Waals surface area contributed by atoms with Gasteiger partial charge in [-0.25, -0.2) is 4.39 Å². The number of amides is 1. The van der Waals surface area contributed by atoms with Crippen LogP contribution in [0.4, 0.5) is 10.1 Å². The molecule has 0 aliphatic rings. The van der Waals surface area contributed by atoms with E-state index in [1.807, 2.05) is 6.26 Å². The van der Waals surface area contributed by atoms with E-state index >= 15 is 0 Å². The Morgan fingerprint density at radius 1 is 1.60 bits per heavy atom. The minimum Gasteiger partial charge on any atom is -0.396 e. The smallest absolute Gasteiger partial charge is 0.251 e. The SMILES string of the molecule is CSCCNC(=O)c1ccc(F)c(N)c1. The van der Waals surface area contributed by atoms with Crippen LogP contribution in [0.25, 0.3) is 0 Å². The summed E-state index contributed by atoms with van der Waals surface area (Å²) in [6, 6.07) is 3.95. The molecule has 82 valence electrons. The lowest BCUT2D eigenvalue weighted by Gasteiger charge is -2.05. The third kappa shape index (κ3) is 3.43. The molecule has 0 saturated carbocycles. The van der Waals surface area contributed by atoms with Gasteiger partial charge in [0.2, 0.25) is 0 Å². The van der Waals surface area contributed by atoms with E-state index in [2.05, 4.69) is 5.32 Å². The predicted octanol–water partition coefficient (Wildman–Crippen LogP) is 1.50. The quantitative estimate of drug-likeness (QED) is 0.606. The summed E-state index contributed by atoms with van der Waals surface area (Å²) in [5.74, 6) is 0.119. The molecule has 1 aromatic rings. The summed E-state index contributed by atoms with van der Waals surface area (Å²) in [6.07, 6.45) is 1.96. The number of carbonyl (C=O) groups excluding carboxylic acids is 1. The Morgan fingerprint density at radius 2 is 2.33 bits per heavy atom. The predicted molar refractivity (Wildman–Crippen MR) is 61.5 cm³/mol. The molecule has 0 aromatic heterocycles. The Kier molecular flexibility index (Phi) is 4.42. The first-order valence-electron chi connectivity index (χ1n) is 4.47. The average Bonchev–Trinajstić information content (AvgIpc) is 2.22. The van der Waals surface area contributed by atoms with Crippen molar-refractivity contribution in [2.75, 3.05) is 24.3 Å². The first-order valence-corrected chi connectivity index (χ1v) is 5.86. The molecular weight excluding hydrogens is 215 g/mol. The molecule has 0 fully saturated rings. The number of hydrogen-bond acceptors (Lipinski definition) is 3. The van der Waals surface area contributed by atoms with Crippen molar-refractivity contribution in [2.24, 2.45) is 0 Å². The van der Waals surface area contributed by atoms with Gasteiger partial charge in [-0.2, -0.15) is 11.8 Å². The van der Waals surface area contributed by atoms with E-state index in [1.165, 1.54) is 18.2 Å². The summed E-state index contributed by atoms with van der Waals surface area (Å²) < 4.78 is 12.8. The highest BCUT2D eigenvalue weighted by atomic mass is 32.2. The van der Waals surface area contributed by atoms with Gasteiger partial charge in [0.1, 0.15) is 5.82 Å². The van der Waals surface area contributed by atoms with E-state index < -0.39 is 5.82 Å². The van der Waals surface area contributed by atoms with Gasteiger partial charge in [0.05, 0.1) is 5.69 Å². The van der Waals surface area contributed by atoms with Crippen LogP contribution in [-0.2, 0) is 0 Å². The van der Waals surface area contributed by atoms with Crippen molar-refractivity contribution in [3.63, 3.8) is 0 Å². The van der Waals surface area contributed by atoms with Gasteiger partial charge in [0.25, 0.3) is 5.91 Å². The number of anilines is 1. The van der Waals surface area contributed by atoms with Crippen LogP contribution < -0.4 is 11.1 Å². The van der Waals surface area contributed by atoms with E-state index in [1.54, 1.807) is 11.8 Å². The van der Waals surface area contributed by atoms with Crippen LogP contribution in [0, 0.1) is 5.82 Å². The number of nitrogens with one attached hydrogen (secondary N) is 1. The molecule has 0 saturated heterocycles. The maximum absolute atomic E-state index is 12.8. The summed E-state index contributed by atoms with van der Waals surface area (Å²) in [7, 11) is 0. The minimum atomic E-state index is -0.504. The number of rotatable bonds is 4. The number of thioether (sulfide) groups is 1. The van der Waals surface area contributed by atoms with Crippen molar-refractivity contribution in [2.45, 2.75) is 0 Å². The van der Waals surface area contributed by atoms with Crippen molar-refractivity contribution in [1.29, 1.82) is 0 Å². The van der Waals surface area contributed by atoms with E-state index in [9.17, 15) is 9.18 Å². The molecule has 1 amide bonds. The Labute approximate surface area is 92.2 Å². The van der Waals surface area contributed by atoms with Crippen molar-refractivity contribution in [1.82, 2.24) is 5.32 Å². The summed E-state index contributed by atoms with van der Waals surface area (Å²) in [4.78, 5) is 11.5. The van der Waals surface area contributed by atoms with Crippen molar-refractivity contribution < 1.29 is 9.18 Å². The molecule has 0 radical (unpaired) electrons. The number of nitrogens with two attached hydrogens (primary N) is 1. The van der Waals surface area contributed by atoms with Crippen LogP contribution in [0.5, 0.6) is 0 Å². The fourth-order valence-electron chi connectivity index (χ4n) is 1.05. The molecule has 1 rings (SSSR count). The maximum Gasteiger partial charge on any atom is 0.251 e. The fraction of sp³-hybridized carbons (Fsp3) is 0.300. The Morgan fingerprint density at radius 3 is 2.93 bits per heavy atom. The zero-order valence-electron chi connectivity index (χ0n) is 8.42. The molecule has 0 aliphatic heterocycles. The van der Waals surface area contributed by atoms with E-state index in [4.69, 9.17) is 5.73 Å². The van der Waals surface area contributed by atoms with Gasteiger partial charge in [-0.3, -0.25) is 4.79 Å². The molecule has 5 heteroatoms. The Hall–Kier alpha value is -1.23. The van der Waals surface area contributed by atoms with Gasteiger partial charge in [0.15, 0.2) is 0 Å². The van der Waals surface area contributed by atoms with Crippen LogP contribution >= 0.6 is 11.8 Å². The summed E-state index contributed by atoms with van der Waals surface area (Å²) in [5.41, 5.74) is 5.73. The van der Waals surface area contributed by atoms with Gasteiger partial charge in [-0.15, -0.1) is 0 Å².